The molecule has 0 aliphatic carbocycles. The van der Waals surface area contributed by atoms with Crippen LogP contribution in [0.2, 0.25) is 0 Å². The molecule has 1 rings (SSSR count). The second kappa shape index (κ2) is 4.91. The van der Waals surface area contributed by atoms with E-state index in [1.165, 1.54) is 12.4 Å². The summed E-state index contributed by atoms with van der Waals surface area (Å²) in [5.74, 6) is -0.299. The molecule has 0 aromatic carbocycles. The lowest BCUT2D eigenvalue weighted by Crippen LogP contribution is -2.08. The van der Waals surface area contributed by atoms with Gasteiger partial charge in [-0.05, 0) is 18.6 Å². The second-order valence-electron chi connectivity index (χ2n) is 3.13. The van der Waals surface area contributed by atoms with E-state index in [1.807, 2.05) is 0 Å². The van der Waals surface area contributed by atoms with Crippen molar-refractivity contribution in [2.24, 2.45) is 0 Å². The molecule has 0 fully saturated rings. The smallest absolute Gasteiger partial charge is 0.294 e. The number of alkyl halides is 3. The summed E-state index contributed by atoms with van der Waals surface area (Å²) < 4.78 is 35.4. The maximum atomic E-state index is 11.8. The fourth-order valence-corrected chi connectivity index (χ4v) is 1.12. The Morgan fingerprint density at radius 1 is 1.40 bits per heavy atom. The van der Waals surface area contributed by atoms with Crippen LogP contribution in [0, 0.1) is 0 Å². The lowest BCUT2D eigenvalue weighted by molar-refractivity contribution is -0.135. The Bertz CT molecular complexity index is 321. The molecule has 1 heterocycles. The van der Waals surface area contributed by atoms with Crippen LogP contribution in [-0.2, 0) is 0 Å². The molecule has 0 saturated heterocycles. The molecule has 0 saturated carbocycles. The summed E-state index contributed by atoms with van der Waals surface area (Å²) in [4.78, 5) is 15.0. The maximum absolute atomic E-state index is 11.8. The number of aromatic nitrogens is 1. The molecule has 5 heteroatoms. The Morgan fingerprint density at radius 2 is 2.13 bits per heavy atom. The number of nitrogens with zero attached hydrogens (tertiary/aromatic N) is 1. The highest BCUT2D eigenvalue weighted by molar-refractivity contribution is 5.95. The first-order valence-corrected chi connectivity index (χ1v) is 4.49. The van der Waals surface area contributed by atoms with Crippen molar-refractivity contribution >= 4 is 5.78 Å². The maximum Gasteiger partial charge on any atom is 0.389 e. The molecule has 2 nitrogen and oxygen atoms in total. The second-order valence-corrected chi connectivity index (χ2v) is 3.13. The molecular weight excluding hydrogens is 207 g/mol. The minimum absolute atomic E-state index is 0.0921. The Hall–Kier alpha value is -1.39. The number of Topliss-reactive ketones (excluding diaryl/α,β-unsaturated/α-hetero) is 1. The number of ketones is 1. The van der Waals surface area contributed by atoms with Gasteiger partial charge in [0, 0.05) is 30.8 Å². The molecule has 1 aromatic heterocycles. The fraction of sp³-hybridized carbons (Fsp3) is 0.400. The molecule has 0 aliphatic rings. The van der Waals surface area contributed by atoms with Gasteiger partial charge in [-0.2, -0.15) is 13.2 Å². The quantitative estimate of drug-likeness (QED) is 0.725. The molecule has 0 bridgehead atoms. The van der Waals surface area contributed by atoms with Crippen LogP contribution in [0.15, 0.2) is 24.5 Å². The van der Waals surface area contributed by atoms with Crippen LogP contribution >= 0.6 is 0 Å². The number of hydrogen-bond acceptors (Lipinski definition) is 2. The monoisotopic (exact) mass is 217 g/mol. The van der Waals surface area contributed by atoms with E-state index in [0.29, 0.717) is 5.56 Å². The van der Waals surface area contributed by atoms with Crippen molar-refractivity contribution in [3.8, 4) is 0 Å². The molecule has 15 heavy (non-hydrogen) atoms. The van der Waals surface area contributed by atoms with Crippen LogP contribution in [0.3, 0.4) is 0 Å². The summed E-state index contributed by atoms with van der Waals surface area (Å²) in [6, 6.07) is 3.12. The first-order valence-electron chi connectivity index (χ1n) is 4.49. The summed E-state index contributed by atoms with van der Waals surface area (Å²) in [5.41, 5.74) is 0.361. The lowest BCUT2D eigenvalue weighted by Gasteiger charge is -2.04. The molecule has 82 valence electrons. The average Bonchev–Trinajstić information content (AvgIpc) is 2.17. The van der Waals surface area contributed by atoms with Crippen molar-refractivity contribution in [1.82, 2.24) is 4.98 Å². The standard InChI is InChI=1S/C10H10F3NO/c11-10(12,13)5-1-4-9(15)8-3-2-6-14-7-8/h2-3,6-7H,1,4-5H2. The molecule has 0 radical (unpaired) electrons. The minimum Gasteiger partial charge on any atom is -0.294 e. The molecule has 0 unspecified atom stereocenters. The number of carbonyl (C=O) groups excluding carboxylic acids is 1. The van der Waals surface area contributed by atoms with Gasteiger partial charge < -0.3 is 0 Å². The first kappa shape index (κ1) is 11.7. The number of carbonyl (C=O) groups is 1. The van der Waals surface area contributed by atoms with E-state index < -0.39 is 12.6 Å². The van der Waals surface area contributed by atoms with Crippen LogP contribution in [0.25, 0.3) is 0 Å². The van der Waals surface area contributed by atoms with E-state index in [0.717, 1.165) is 0 Å². The zero-order valence-corrected chi connectivity index (χ0v) is 7.92. The molecule has 0 N–H and O–H groups in total. The third kappa shape index (κ3) is 4.58. The largest absolute Gasteiger partial charge is 0.389 e. The highest BCUT2D eigenvalue weighted by atomic mass is 19.4. The van der Waals surface area contributed by atoms with Gasteiger partial charge in [0.25, 0.3) is 0 Å². The van der Waals surface area contributed by atoms with Crippen LogP contribution in [0.4, 0.5) is 13.2 Å². The number of pyridine rings is 1. The highest BCUT2D eigenvalue weighted by Crippen LogP contribution is 2.22. The Kier molecular flexibility index (Phi) is 3.82. The van der Waals surface area contributed by atoms with Gasteiger partial charge in [0.15, 0.2) is 5.78 Å². The summed E-state index contributed by atoms with van der Waals surface area (Å²) in [7, 11) is 0. The van der Waals surface area contributed by atoms with Crippen molar-refractivity contribution in [2.75, 3.05) is 0 Å². The van der Waals surface area contributed by atoms with Crippen LogP contribution in [-0.4, -0.2) is 16.9 Å². The SMILES string of the molecule is O=C(CCCC(F)(F)F)c1cccnc1. The summed E-state index contributed by atoms with van der Waals surface area (Å²) >= 11 is 0. The van der Waals surface area contributed by atoms with Crippen molar-refractivity contribution in [2.45, 2.75) is 25.4 Å². The minimum atomic E-state index is -4.19. The third-order valence-corrected chi connectivity index (χ3v) is 1.85. The topological polar surface area (TPSA) is 30.0 Å². The van der Waals surface area contributed by atoms with Crippen LogP contribution in [0.1, 0.15) is 29.6 Å². The van der Waals surface area contributed by atoms with Gasteiger partial charge in [0.1, 0.15) is 0 Å². The normalized spacial score (nSPS) is 11.4. The molecule has 0 spiro atoms. The fourth-order valence-electron chi connectivity index (χ4n) is 1.12. The van der Waals surface area contributed by atoms with Gasteiger partial charge in [-0.1, -0.05) is 0 Å². The first-order chi connectivity index (χ1) is 6.99. The van der Waals surface area contributed by atoms with Gasteiger partial charge in [-0.25, -0.2) is 0 Å². The van der Waals surface area contributed by atoms with Gasteiger partial charge in [-0.3, -0.25) is 9.78 Å². The van der Waals surface area contributed by atoms with E-state index in [2.05, 4.69) is 4.98 Å². The molecular formula is C10H10F3NO. The summed E-state index contributed by atoms with van der Waals surface area (Å²) in [6.45, 7) is 0. The zero-order chi connectivity index (χ0) is 11.3. The Balaban J connectivity index is 2.38. The van der Waals surface area contributed by atoms with Crippen molar-refractivity contribution in [1.29, 1.82) is 0 Å². The van der Waals surface area contributed by atoms with Gasteiger partial charge >= 0.3 is 6.18 Å². The van der Waals surface area contributed by atoms with Crippen molar-refractivity contribution < 1.29 is 18.0 Å². The summed E-state index contributed by atoms with van der Waals surface area (Å²) in [6.07, 6.45) is -2.50. The molecule has 0 atom stereocenters. The number of halogens is 3. The van der Waals surface area contributed by atoms with Crippen LogP contribution in [0.5, 0.6) is 0 Å². The predicted octanol–water partition coefficient (Wildman–Crippen LogP) is 3.00. The molecule has 0 aliphatic heterocycles. The molecule has 0 amide bonds. The number of hydrogen-bond donors (Lipinski definition) is 0. The van der Waals surface area contributed by atoms with E-state index in [1.54, 1.807) is 12.1 Å². The number of rotatable bonds is 4. The highest BCUT2D eigenvalue weighted by Gasteiger charge is 2.26. The average molecular weight is 217 g/mol. The Labute approximate surface area is 85.1 Å². The molecule has 1 aromatic rings. The van der Waals surface area contributed by atoms with E-state index in [-0.39, 0.29) is 18.6 Å². The lowest BCUT2D eigenvalue weighted by atomic mass is 10.1. The van der Waals surface area contributed by atoms with Gasteiger partial charge in [0.2, 0.25) is 0 Å². The van der Waals surface area contributed by atoms with E-state index >= 15 is 0 Å². The zero-order valence-electron chi connectivity index (χ0n) is 7.92. The van der Waals surface area contributed by atoms with Crippen molar-refractivity contribution in [3.05, 3.63) is 30.1 Å². The van der Waals surface area contributed by atoms with Gasteiger partial charge in [0.05, 0.1) is 0 Å². The van der Waals surface area contributed by atoms with Crippen molar-refractivity contribution in [3.63, 3.8) is 0 Å². The van der Waals surface area contributed by atoms with Crippen LogP contribution < -0.4 is 0 Å². The van der Waals surface area contributed by atoms with E-state index in [9.17, 15) is 18.0 Å². The van der Waals surface area contributed by atoms with Gasteiger partial charge in [-0.15, -0.1) is 0 Å². The third-order valence-electron chi connectivity index (χ3n) is 1.85. The van der Waals surface area contributed by atoms with E-state index in [4.69, 9.17) is 0 Å². The summed E-state index contributed by atoms with van der Waals surface area (Å²) in [5, 5.41) is 0. The Morgan fingerprint density at radius 3 is 2.67 bits per heavy atom. The predicted molar refractivity (Wildman–Crippen MR) is 48.5 cm³/mol.